The van der Waals surface area contributed by atoms with Crippen molar-refractivity contribution in [2.45, 2.75) is 38.0 Å². The van der Waals surface area contributed by atoms with Crippen molar-refractivity contribution in [3.8, 4) is 17.0 Å². The minimum Gasteiger partial charge on any atom is -0.424 e. The van der Waals surface area contributed by atoms with Crippen molar-refractivity contribution in [1.29, 1.82) is 0 Å². The fraction of sp³-hybridized carbons (Fsp3) is 0.355. The van der Waals surface area contributed by atoms with E-state index in [0.29, 0.717) is 40.8 Å². The number of piperidine rings is 1. The Morgan fingerprint density at radius 3 is 2.49 bits per heavy atom. The third-order valence-electron chi connectivity index (χ3n) is 7.76. The van der Waals surface area contributed by atoms with Crippen LogP contribution in [-0.4, -0.2) is 77.9 Å². The van der Waals surface area contributed by atoms with Crippen LogP contribution in [0, 0.1) is 5.92 Å². The van der Waals surface area contributed by atoms with Gasteiger partial charge in [-0.2, -0.15) is 0 Å². The van der Waals surface area contributed by atoms with Crippen LogP contribution in [-0.2, 0) is 18.7 Å². The molecule has 18 heteroatoms. The van der Waals surface area contributed by atoms with E-state index in [0.717, 1.165) is 45.0 Å². The molecule has 264 valence electrons. The van der Waals surface area contributed by atoms with E-state index < -0.39 is 33.0 Å². The third-order valence-corrected chi connectivity index (χ3v) is 11.8. The van der Waals surface area contributed by atoms with Gasteiger partial charge < -0.3 is 45.2 Å². The number of carbonyl (C=O) groups excluding carboxylic acids is 2. The Balaban J connectivity index is 1.54. The molecular formula is C31H39ClN6O9P2. The number of aromatic nitrogens is 2. The fourth-order valence-electron chi connectivity index (χ4n) is 5.09. The van der Waals surface area contributed by atoms with Gasteiger partial charge in [-0.1, -0.05) is 37.2 Å². The van der Waals surface area contributed by atoms with E-state index in [-0.39, 0.29) is 22.6 Å². The van der Waals surface area contributed by atoms with Gasteiger partial charge in [0.25, 0.3) is 0 Å². The Bertz CT molecular complexity index is 1740. The van der Waals surface area contributed by atoms with Crippen LogP contribution in [0.4, 0.5) is 23.0 Å². The van der Waals surface area contributed by atoms with Gasteiger partial charge in [0.1, 0.15) is 0 Å². The minimum atomic E-state index is -5.33. The Morgan fingerprint density at radius 1 is 1.10 bits per heavy atom. The molecule has 2 heterocycles. The number of ether oxygens (including phenoxy) is 1. The SMILES string of the molecule is C=CC(=O)Nc1cccc(-c2nc(Nc3ccc(OC(=O)CC(P(=O)(O)O)P(=O)(O)O)c(NCCCN4CCC(C)CC4)c3)ncc2Cl)c1. The molecule has 2 aromatic carbocycles. The molecule has 0 bridgehead atoms. The van der Waals surface area contributed by atoms with E-state index in [1.54, 1.807) is 30.3 Å². The molecule has 15 nitrogen and oxygen atoms in total. The number of hydrogen-bond donors (Lipinski definition) is 7. The lowest BCUT2D eigenvalue weighted by atomic mass is 9.99. The van der Waals surface area contributed by atoms with Gasteiger partial charge in [0.05, 0.1) is 29.0 Å². The van der Waals surface area contributed by atoms with Crippen molar-refractivity contribution in [2.24, 2.45) is 5.92 Å². The molecule has 4 rings (SSSR count). The molecule has 49 heavy (non-hydrogen) atoms. The van der Waals surface area contributed by atoms with Gasteiger partial charge in [0.2, 0.25) is 11.9 Å². The second-order valence-corrected chi connectivity index (χ2v) is 16.1. The lowest BCUT2D eigenvalue weighted by Gasteiger charge is -2.30. The molecule has 0 saturated carbocycles. The number of rotatable bonds is 15. The zero-order valence-electron chi connectivity index (χ0n) is 26.7. The zero-order valence-corrected chi connectivity index (χ0v) is 29.2. The standard InChI is InChI=1S/C31H39ClN6O9P2/c1-3-27(39)35-22-7-4-6-21(16-22)30-24(32)19-34-31(37-30)36-23-8-9-26(47-28(40)18-29(48(41,42)43)49(44,45)46)25(17-23)33-12-5-13-38-14-10-20(2)11-15-38/h3-4,6-9,16-17,19-20,29,33H,1,5,10-15,18H2,2H3,(H,35,39)(H,34,36,37)(H2,41,42,43)(H2,44,45,46). The first-order chi connectivity index (χ1) is 23.1. The van der Waals surface area contributed by atoms with Crippen LogP contribution in [0.2, 0.25) is 5.02 Å². The summed E-state index contributed by atoms with van der Waals surface area (Å²) < 4.78 is 28.8. The summed E-state index contributed by atoms with van der Waals surface area (Å²) in [6.45, 7) is 9.05. The summed E-state index contributed by atoms with van der Waals surface area (Å²) in [5.74, 6) is -0.764. The zero-order chi connectivity index (χ0) is 35.8. The second kappa shape index (κ2) is 16.8. The first-order valence-electron chi connectivity index (χ1n) is 15.4. The van der Waals surface area contributed by atoms with Crippen molar-refractivity contribution in [2.75, 3.05) is 42.1 Å². The maximum atomic E-state index is 12.7. The molecule has 0 aliphatic carbocycles. The second-order valence-electron chi connectivity index (χ2n) is 11.6. The molecule has 1 amide bonds. The van der Waals surface area contributed by atoms with Crippen molar-refractivity contribution < 1.29 is 43.0 Å². The molecule has 0 atom stereocenters. The van der Waals surface area contributed by atoms with Gasteiger partial charge in [0, 0.05) is 23.5 Å². The summed E-state index contributed by atoms with van der Waals surface area (Å²) in [6, 6.07) is 11.5. The summed E-state index contributed by atoms with van der Waals surface area (Å²) in [6.07, 6.45) is 4.39. The smallest absolute Gasteiger partial charge is 0.341 e. The van der Waals surface area contributed by atoms with Gasteiger partial charge in [-0.15, -0.1) is 0 Å². The van der Waals surface area contributed by atoms with Crippen LogP contribution < -0.4 is 20.7 Å². The Hall–Kier alpha value is -3.65. The van der Waals surface area contributed by atoms with Crippen molar-refractivity contribution in [1.82, 2.24) is 14.9 Å². The number of anilines is 4. The predicted octanol–water partition coefficient (Wildman–Crippen LogP) is 5.18. The summed E-state index contributed by atoms with van der Waals surface area (Å²) in [5.41, 5.74) is 2.30. The molecule has 0 unspecified atom stereocenters. The van der Waals surface area contributed by atoms with Crippen LogP contribution in [0.15, 0.2) is 61.3 Å². The number of nitrogens with zero attached hydrogens (tertiary/aromatic N) is 3. The number of carbonyl (C=O) groups is 2. The van der Waals surface area contributed by atoms with Gasteiger partial charge >= 0.3 is 21.2 Å². The highest BCUT2D eigenvalue weighted by molar-refractivity contribution is 7.70. The van der Waals surface area contributed by atoms with Gasteiger partial charge in [-0.3, -0.25) is 18.7 Å². The molecule has 1 aliphatic heterocycles. The van der Waals surface area contributed by atoms with Gasteiger partial charge in [-0.05, 0) is 81.2 Å². The van der Waals surface area contributed by atoms with Gasteiger partial charge in [-0.25, -0.2) is 9.97 Å². The Morgan fingerprint density at radius 2 is 1.82 bits per heavy atom. The van der Waals surface area contributed by atoms with E-state index in [2.05, 4.69) is 44.3 Å². The summed E-state index contributed by atoms with van der Waals surface area (Å²) in [7, 11) is -10.7. The fourth-order valence-corrected chi connectivity index (χ4v) is 7.63. The molecular weight excluding hydrogens is 698 g/mol. The van der Waals surface area contributed by atoms with E-state index in [1.807, 2.05) is 0 Å². The predicted molar refractivity (Wildman–Crippen MR) is 187 cm³/mol. The van der Waals surface area contributed by atoms with Crippen molar-refractivity contribution >= 4 is 61.7 Å². The lowest BCUT2D eigenvalue weighted by Crippen LogP contribution is -2.34. The maximum absolute atomic E-state index is 12.7. The highest BCUT2D eigenvalue weighted by atomic mass is 35.5. The summed E-state index contributed by atoms with van der Waals surface area (Å²) in [5, 5.41) is 6.71. The largest absolute Gasteiger partial charge is 0.424 e. The number of halogens is 1. The minimum absolute atomic E-state index is 0.0198. The average molecular weight is 737 g/mol. The number of amides is 1. The van der Waals surface area contributed by atoms with Crippen LogP contribution in [0.1, 0.15) is 32.6 Å². The van der Waals surface area contributed by atoms with E-state index in [4.69, 9.17) is 16.3 Å². The molecule has 0 spiro atoms. The topological polar surface area (TPSA) is 224 Å². The third kappa shape index (κ3) is 11.4. The highest BCUT2D eigenvalue weighted by Crippen LogP contribution is 2.61. The van der Waals surface area contributed by atoms with Crippen molar-refractivity contribution in [3.05, 3.63) is 66.3 Å². The first-order valence-corrected chi connectivity index (χ1v) is 19.1. The number of nitrogens with one attached hydrogen (secondary N) is 3. The van der Waals surface area contributed by atoms with Crippen LogP contribution in [0.5, 0.6) is 5.75 Å². The average Bonchev–Trinajstić information content (AvgIpc) is 3.03. The molecule has 7 N–H and O–H groups in total. The van der Waals surface area contributed by atoms with Gasteiger partial charge in [0.15, 0.2) is 11.1 Å². The molecule has 0 radical (unpaired) electrons. The van der Waals surface area contributed by atoms with E-state index in [9.17, 15) is 38.3 Å². The number of hydrogen-bond acceptors (Lipinski definition) is 10. The van der Waals surface area contributed by atoms with Crippen LogP contribution in [0.25, 0.3) is 11.3 Å². The monoisotopic (exact) mass is 736 g/mol. The molecule has 1 aliphatic rings. The number of benzene rings is 2. The number of likely N-dealkylation sites (tertiary alicyclic amines) is 1. The quantitative estimate of drug-likeness (QED) is 0.0351. The normalized spacial score (nSPS) is 14.3. The van der Waals surface area contributed by atoms with E-state index in [1.165, 1.54) is 18.3 Å². The summed E-state index contributed by atoms with van der Waals surface area (Å²) >= 11 is 6.42. The maximum Gasteiger partial charge on any atom is 0.341 e. The molecule has 3 aromatic rings. The van der Waals surface area contributed by atoms with Crippen molar-refractivity contribution in [3.63, 3.8) is 0 Å². The van der Waals surface area contributed by atoms with Crippen LogP contribution in [0.3, 0.4) is 0 Å². The Kier molecular flexibility index (Phi) is 13.1. The lowest BCUT2D eigenvalue weighted by molar-refractivity contribution is -0.134. The van der Waals surface area contributed by atoms with Crippen LogP contribution >= 0.6 is 26.8 Å². The highest BCUT2D eigenvalue weighted by Gasteiger charge is 2.45. The molecule has 1 aromatic heterocycles. The number of esters is 1. The first kappa shape index (κ1) is 38.2. The Labute approximate surface area is 288 Å². The summed E-state index contributed by atoms with van der Waals surface area (Å²) in [4.78, 5) is 73.4. The molecule has 1 saturated heterocycles. The van der Waals surface area contributed by atoms with E-state index >= 15 is 0 Å². The molecule has 1 fully saturated rings.